The number of aromatic nitrogens is 3. The minimum absolute atomic E-state index is 0.771. The van der Waals surface area contributed by atoms with E-state index in [-0.39, 0.29) is 0 Å². The number of fused-ring (bicyclic) bond motifs is 1. The van der Waals surface area contributed by atoms with Gasteiger partial charge in [0.05, 0.1) is 10.2 Å². The van der Waals surface area contributed by atoms with Crippen LogP contribution >= 0.6 is 45.5 Å². The van der Waals surface area contributed by atoms with Gasteiger partial charge in [0.25, 0.3) is 0 Å². The van der Waals surface area contributed by atoms with Crippen molar-refractivity contribution in [2.45, 2.75) is 0 Å². The van der Waals surface area contributed by atoms with Crippen LogP contribution in [0, 0.1) is 3.01 Å². The molecule has 3 rings (SSSR count). The Kier molecular flexibility index (Phi) is 2.41. The van der Waals surface area contributed by atoms with E-state index < -0.39 is 0 Å². The lowest BCUT2D eigenvalue weighted by atomic mass is 10.2. The molecule has 0 bridgehead atoms. The number of halogens is 1. The van der Waals surface area contributed by atoms with E-state index in [0.717, 1.165) is 19.9 Å². The molecule has 0 saturated heterocycles. The molecular weight excluding hydrogens is 341 g/mol. The topological polar surface area (TPSA) is 38.7 Å². The zero-order chi connectivity index (χ0) is 10.3. The van der Waals surface area contributed by atoms with E-state index in [9.17, 15) is 0 Å². The molecule has 0 amide bonds. The number of rotatable bonds is 1. The first-order chi connectivity index (χ1) is 7.33. The summed E-state index contributed by atoms with van der Waals surface area (Å²) in [6, 6.07) is 4.10. The van der Waals surface area contributed by atoms with E-state index in [1.165, 1.54) is 16.2 Å². The zero-order valence-electron chi connectivity index (χ0n) is 7.35. The molecule has 0 spiro atoms. The number of thiophene rings is 1. The molecule has 0 aliphatic heterocycles. The highest BCUT2D eigenvalue weighted by Gasteiger charge is 2.06. The van der Waals surface area contributed by atoms with E-state index in [0.29, 0.717) is 0 Å². The summed E-state index contributed by atoms with van der Waals surface area (Å²) in [5, 5.41) is 2.04. The van der Waals surface area contributed by atoms with Crippen molar-refractivity contribution in [3.8, 4) is 11.4 Å². The Morgan fingerprint density at radius 3 is 3.07 bits per heavy atom. The fraction of sp³-hybridized carbons (Fsp3) is 0. The Bertz CT molecular complexity index is 616. The summed E-state index contributed by atoms with van der Waals surface area (Å²) in [4.78, 5) is 8.69. The zero-order valence-corrected chi connectivity index (χ0v) is 11.1. The largest absolute Gasteiger partial charge is 0.255 e. The molecule has 0 fully saturated rings. The molecule has 0 saturated carbocycles. The van der Waals surface area contributed by atoms with E-state index in [4.69, 9.17) is 0 Å². The molecule has 3 aromatic heterocycles. The maximum absolute atomic E-state index is 4.36. The Labute approximate surface area is 108 Å². The molecule has 3 aromatic rings. The van der Waals surface area contributed by atoms with Crippen LogP contribution in [0.4, 0.5) is 0 Å². The first-order valence-electron chi connectivity index (χ1n) is 4.16. The lowest BCUT2D eigenvalue weighted by Gasteiger charge is -1.94. The molecule has 0 aromatic carbocycles. The van der Waals surface area contributed by atoms with Crippen molar-refractivity contribution in [1.29, 1.82) is 0 Å². The molecule has 3 heterocycles. The third-order valence-electron chi connectivity index (χ3n) is 1.96. The van der Waals surface area contributed by atoms with Crippen LogP contribution in [0.15, 0.2) is 23.7 Å². The van der Waals surface area contributed by atoms with Gasteiger partial charge in [0, 0.05) is 11.8 Å². The van der Waals surface area contributed by atoms with Gasteiger partial charge in [0.15, 0.2) is 8.84 Å². The van der Waals surface area contributed by atoms with Gasteiger partial charge in [-0.1, -0.05) is 0 Å². The second kappa shape index (κ2) is 3.76. The van der Waals surface area contributed by atoms with Gasteiger partial charge >= 0.3 is 0 Å². The van der Waals surface area contributed by atoms with E-state index in [1.54, 1.807) is 11.3 Å². The minimum atomic E-state index is 0.771. The smallest absolute Gasteiger partial charge is 0.175 e. The van der Waals surface area contributed by atoms with Crippen molar-refractivity contribution in [2.24, 2.45) is 0 Å². The molecule has 0 N–H and O–H groups in total. The Morgan fingerprint density at radius 2 is 2.27 bits per heavy atom. The van der Waals surface area contributed by atoms with E-state index >= 15 is 0 Å². The van der Waals surface area contributed by atoms with Gasteiger partial charge in [-0.2, -0.15) is 4.37 Å². The molecular formula is C9H4IN3S2. The predicted octanol–water partition coefficient (Wildman–Crippen LogP) is 3.42. The molecule has 0 atom stereocenters. The standard InChI is InChI=1S/C9H4IN3S2/c10-9-12-8(13-15-9)5-3-7-6(11-4-5)1-2-14-7/h1-4H. The normalized spacial score (nSPS) is 11.0. The second-order valence-corrected chi connectivity index (χ2v) is 6.35. The second-order valence-electron chi connectivity index (χ2n) is 2.90. The van der Waals surface area contributed by atoms with Gasteiger partial charge in [-0.25, -0.2) is 4.98 Å². The van der Waals surface area contributed by atoms with Crippen molar-refractivity contribution < 1.29 is 0 Å². The first kappa shape index (κ1) is 9.61. The molecule has 0 unspecified atom stereocenters. The lowest BCUT2D eigenvalue weighted by Crippen LogP contribution is -1.82. The Morgan fingerprint density at radius 1 is 1.33 bits per heavy atom. The van der Waals surface area contributed by atoms with Crippen LogP contribution in [-0.4, -0.2) is 14.3 Å². The summed E-state index contributed by atoms with van der Waals surface area (Å²) in [5.41, 5.74) is 2.03. The summed E-state index contributed by atoms with van der Waals surface area (Å²) in [5.74, 6) is 0.771. The summed E-state index contributed by atoms with van der Waals surface area (Å²) in [6.45, 7) is 0. The summed E-state index contributed by atoms with van der Waals surface area (Å²) in [6.07, 6.45) is 1.83. The van der Waals surface area contributed by atoms with Gasteiger partial charge in [0.2, 0.25) is 0 Å². The van der Waals surface area contributed by atoms with Crippen molar-refractivity contribution in [1.82, 2.24) is 14.3 Å². The third kappa shape index (κ3) is 1.77. The fourth-order valence-electron chi connectivity index (χ4n) is 1.29. The maximum Gasteiger partial charge on any atom is 0.175 e. The number of hydrogen-bond donors (Lipinski definition) is 0. The molecule has 0 radical (unpaired) electrons. The minimum Gasteiger partial charge on any atom is -0.255 e. The van der Waals surface area contributed by atoms with Gasteiger partial charge in [-0.3, -0.25) is 4.98 Å². The van der Waals surface area contributed by atoms with Crippen LogP contribution in [0.3, 0.4) is 0 Å². The average Bonchev–Trinajstić information content (AvgIpc) is 2.84. The summed E-state index contributed by atoms with van der Waals surface area (Å²) >= 11 is 5.27. The van der Waals surface area contributed by atoms with Crippen LogP contribution in [0.5, 0.6) is 0 Å². The van der Waals surface area contributed by atoms with Crippen molar-refractivity contribution in [3.05, 3.63) is 26.7 Å². The van der Waals surface area contributed by atoms with Gasteiger partial charge in [-0.05, 0) is 51.6 Å². The highest BCUT2D eigenvalue weighted by molar-refractivity contribution is 14.1. The number of nitrogens with zero attached hydrogens (tertiary/aromatic N) is 3. The summed E-state index contributed by atoms with van der Waals surface area (Å²) < 4.78 is 6.40. The van der Waals surface area contributed by atoms with Crippen LogP contribution in [0.2, 0.25) is 0 Å². The SMILES string of the molecule is Ic1nc(-c2cnc3ccsc3c2)ns1. The van der Waals surface area contributed by atoms with Crippen LogP contribution in [-0.2, 0) is 0 Å². The Balaban J connectivity index is 2.18. The van der Waals surface area contributed by atoms with Crippen molar-refractivity contribution >= 4 is 55.7 Å². The van der Waals surface area contributed by atoms with Crippen LogP contribution in [0.25, 0.3) is 21.6 Å². The highest BCUT2D eigenvalue weighted by Crippen LogP contribution is 2.25. The molecule has 0 aliphatic carbocycles. The number of hydrogen-bond acceptors (Lipinski definition) is 5. The predicted molar refractivity (Wildman–Crippen MR) is 71.2 cm³/mol. The average molecular weight is 345 g/mol. The number of pyridine rings is 1. The molecule has 3 nitrogen and oxygen atoms in total. The van der Waals surface area contributed by atoms with Gasteiger partial charge < -0.3 is 0 Å². The quantitative estimate of drug-likeness (QED) is 0.635. The lowest BCUT2D eigenvalue weighted by molar-refractivity contribution is 1.28. The first-order valence-corrected chi connectivity index (χ1v) is 6.89. The van der Waals surface area contributed by atoms with Gasteiger partial charge in [-0.15, -0.1) is 11.3 Å². The molecule has 74 valence electrons. The molecule has 6 heteroatoms. The maximum atomic E-state index is 4.36. The monoisotopic (exact) mass is 345 g/mol. The third-order valence-corrected chi connectivity index (χ3v) is 4.15. The van der Waals surface area contributed by atoms with Crippen LogP contribution < -0.4 is 0 Å². The van der Waals surface area contributed by atoms with Crippen molar-refractivity contribution in [3.63, 3.8) is 0 Å². The highest BCUT2D eigenvalue weighted by atomic mass is 127. The van der Waals surface area contributed by atoms with E-state index in [2.05, 4.69) is 43.0 Å². The van der Waals surface area contributed by atoms with Gasteiger partial charge in [0.1, 0.15) is 0 Å². The molecule has 15 heavy (non-hydrogen) atoms. The fourth-order valence-corrected chi connectivity index (χ4v) is 3.03. The molecule has 0 aliphatic rings. The van der Waals surface area contributed by atoms with Crippen molar-refractivity contribution in [2.75, 3.05) is 0 Å². The van der Waals surface area contributed by atoms with Crippen LogP contribution in [0.1, 0.15) is 0 Å². The summed E-state index contributed by atoms with van der Waals surface area (Å²) in [7, 11) is 0. The van der Waals surface area contributed by atoms with E-state index in [1.807, 2.05) is 17.6 Å². The Hall–Kier alpha value is -0.600.